The van der Waals surface area contributed by atoms with E-state index < -0.39 is 12.3 Å². The van der Waals surface area contributed by atoms with Crippen molar-refractivity contribution >= 4 is 29.2 Å². The largest absolute Gasteiger partial charge is 0.369 e. The maximum atomic E-state index is 14.6. The van der Waals surface area contributed by atoms with E-state index >= 15 is 0 Å². The van der Waals surface area contributed by atoms with Gasteiger partial charge in [-0.2, -0.15) is 0 Å². The number of aromatic nitrogens is 2. The second kappa shape index (κ2) is 9.87. The first kappa shape index (κ1) is 23.2. The third-order valence-electron chi connectivity index (χ3n) is 5.82. The molecule has 0 unspecified atom stereocenters. The Bertz CT molecular complexity index is 1140. The zero-order valence-corrected chi connectivity index (χ0v) is 19.5. The number of alkyl halides is 2. The predicted octanol–water partition coefficient (Wildman–Crippen LogP) is 6.05. The molecule has 8 heteroatoms. The molecule has 0 atom stereocenters. The molecule has 0 saturated heterocycles. The molecule has 33 heavy (non-hydrogen) atoms. The number of nitrogens with zero attached hydrogens (tertiary/aromatic N) is 3. The van der Waals surface area contributed by atoms with E-state index in [0.717, 1.165) is 10.5 Å². The minimum Gasteiger partial charge on any atom is -0.369 e. The average molecular weight is 469 g/mol. The van der Waals surface area contributed by atoms with Gasteiger partial charge in [0.05, 0.1) is 11.3 Å². The molecule has 0 radical (unpaired) electrons. The number of benzene rings is 1. The second-order valence-corrected chi connectivity index (χ2v) is 8.91. The van der Waals surface area contributed by atoms with Gasteiger partial charge in [-0.05, 0) is 55.5 Å². The molecule has 1 aromatic carbocycles. The molecule has 0 aliphatic carbocycles. The molecule has 3 heterocycles. The third kappa shape index (κ3) is 5.16. The lowest BCUT2D eigenvalue weighted by Crippen LogP contribution is -2.35. The van der Waals surface area contributed by atoms with Crippen molar-refractivity contribution in [3.05, 3.63) is 66.0 Å². The van der Waals surface area contributed by atoms with Crippen LogP contribution in [0.3, 0.4) is 0 Å². The number of pyridine rings is 2. The molecule has 0 spiro atoms. The fourth-order valence-corrected chi connectivity index (χ4v) is 4.45. The van der Waals surface area contributed by atoms with Crippen molar-refractivity contribution in [1.29, 1.82) is 0 Å². The van der Waals surface area contributed by atoms with Crippen molar-refractivity contribution in [1.82, 2.24) is 9.97 Å². The van der Waals surface area contributed by atoms with Gasteiger partial charge in [0.1, 0.15) is 5.82 Å². The van der Waals surface area contributed by atoms with Gasteiger partial charge in [-0.15, -0.1) is 11.8 Å². The lowest BCUT2D eigenvalue weighted by atomic mass is 10.0. The topological polar surface area (TPSA) is 58.1 Å². The van der Waals surface area contributed by atoms with E-state index in [-0.39, 0.29) is 25.3 Å². The molecule has 0 fully saturated rings. The van der Waals surface area contributed by atoms with Gasteiger partial charge < -0.3 is 10.2 Å². The molecule has 5 nitrogen and oxygen atoms in total. The van der Waals surface area contributed by atoms with Crippen molar-refractivity contribution in [3.63, 3.8) is 0 Å². The van der Waals surface area contributed by atoms with Crippen LogP contribution in [0.25, 0.3) is 11.3 Å². The van der Waals surface area contributed by atoms with Crippen molar-refractivity contribution in [3.8, 4) is 11.3 Å². The minimum absolute atomic E-state index is 0.0869. The van der Waals surface area contributed by atoms with E-state index in [4.69, 9.17) is 0 Å². The minimum atomic E-state index is -2.85. The number of hydrogen-bond acceptors (Lipinski definition) is 5. The SMILES string of the molecule is CSc1cccc(N2CCC(F)(F)CCCNc3ncc(-c4ccccn4)c(C)c3C2=O)c1. The summed E-state index contributed by atoms with van der Waals surface area (Å²) in [4.78, 5) is 25.3. The van der Waals surface area contributed by atoms with Crippen LogP contribution >= 0.6 is 11.8 Å². The monoisotopic (exact) mass is 468 g/mol. The van der Waals surface area contributed by atoms with Gasteiger partial charge in [0.25, 0.3) is 5.91 Å². The zero-order valence-electron chi connectivity index (χ0n) is 18.6. The Kier molecular flexibility index (Phi) is 6.93. The van der Waals surface area contributed by atoms with Crippen molar-refractivity contribution < 1.29 is 13.6 Å². The molecule has 1 amide bonds. The molecule has 4 rings (SSSR count). The molecular formula is C25H26F2N4OS. The Morgan fingerprint density at radius 3 is 2.73 bits per heavy atom. The van der Waals surface area contributed by atoms with Crippen LogP contribution in [-0.2, 0) is 0 Å². The Morgan fingerprint density at radius 1 is 1.12 bits per heavy atom. The number of carbonyl (C=O) groups excluding carboxylic acids is 1. The van der Waals surface area contributed by atoms with E-state index in [0.29, 0.717) is 34.9 Å². The van der Waals surface area contributed by atoms with E-state index in [1.807, 2.05) is 49.6 Å². The maximum absolute atomic E-state index is 14.6. The van der Waals surface area contributed by atoms with E-state index in [1.165, 1.54) is 16.7 Å². The van der Waals surface area contributed by atoms with Gasteiger partial charge in [0.15, 0.2) is 0 Å². The van der Waals surface area contributed by atoms with Crippen LogP contribution in [0, 0.1) is 6.92 Å². The number of nitrogens with one attached hydrogen (secondary N) is 1. The smallest absolute Gasteiger partial charge is 0.262 e. The van der Waals surface area contributed by atoms with Gasteiger partial charge in [-0.25, -0.2) is 13.8 Å². The number of thioether (sulfide) groups is 1. The summed E-state index contributed by atoms with van der Waals surface area (Å²) in [7, 11) is 0. The first-order valence-electron chi connectivity index (χ1n) is 10.9. The fourth-order valence-electron chi connectivity index (χ4n) is 3.99. The first-order chi connectivity index (χ1) is 15.9. The Hall–Kier alpha value is -3.00. The van der Waals surface area contributed by atoms with Crippen molar-refractivity contribution in [2.24, 2.45) is 0 Å². The molecule has 0 bridgehead atoms. The highest BCUT2D eigenvalue weighted by atomic mass is 32.2. The highest BCUT2D eigenvalue weighted by molar-refractivity contribution is 7.98. The van der Waals surface area contributed by atoms with Crippen LogP contribution in [0.2, 0.25) is 0 Å². The summed E-state index contributed by atoms with van der Waals surface area (Å²) in [6.45, 7) is 2.08. The molecule has 1 N–H and O–H groups in total. The van der Waals surface area contributed by atoms with Gasteiger partial charge in [0.2, 0.25) is 5.92 Å². The summed E-state index contributed by atoms with van der Waals surface area (Å²) in [6.07, 6.45) is 4.95. The lowest BCUT2D eigenvalue weighted by Gasteiger charge is -2.27. The number of carbonyl (C=O) groups is 1. The molecule has 3 aromatic rings. The highest BCUT2D eigenvalue weighted by Gasteiger charge is 2.33. The van der Waals surface area contributed by atoms with E-state index in [1.54, 1.807) is 18.5 Å². The molecule has 0 saturated carbocycles. The second-order valence-electron chi connectivity index (χ2n) is 8.03. The molecule has 2 aromatic heterocycles. The summed E-state index contributed by atoms with van der Waals surface area (Å²) in [5.41, 5.74) is 3.14. The van der Waals surface area contributed by atoms with Gasteiger partial charge in [0, 0.05) is 54.5 Å². The number of rotatable bonds is 3. The van der Waals surface area contributed by atoms with E-state index in [2.05, 4.69) is 15.3 Å². The van der Waals surface area contributed by atoms with Crippen LogP contribution in [0.4, 0.5) is 20.3 Å². The summed E-state index contributed by atoms with van der Waals surface area (Å²) in [5.74, 6) is -2.79. The standard InChI is InChI=1S/C25H26F2N4OS/c1-17-20(21-9-3-4-12-28-21)16-30-23-22(17)24(32)31(18-7-5-8-19(15-18)33-2)14-11-25(26,27)10-6-13-29-23/h3-5,7-9,12,15-16H,6,10-11,13-14H2,1-2H3,(H,29,30). The lowest BCUT2D eigenvalue weighted by molar-refractivity contribution is -0.0147. The number of fused-ring (bicyclic) bond motifs is 1. The summed E-state index contributed by atoms with van der Waals surface area (Å²) in [6, 6.07) is 13.0. The van der Waals surface area contributed by atoms with Crippen LogP contribution in [-0.4, -0.2) is 41.1 Å². The maximum Gasteiger partial charge on any atom is 0.262 e. The Labute approximate surface area is 196 Å². The quantitative estimate of drug-likeness (QED) is 0.474. The third-order valence-corrected chi connectivity index (χ3v) is 6.54. The Balaban J connectivity index is 1.85. The van der Waals surface area contributed by atoms with E-state index in [9.17, 15) is 13.6 Å². The predicted molar refractivity (Wildman–Crippen MR) is 129 cm³/mol. The number of hydrogen-bond donors (Lipinski definition) is 1. The van der Waals surface area contributed by atoms with Gasteiger partial charge in [-0.1, -0.05) is 12.1 Å². The highest BCUT2D eigenvalue weighted by Crippen LogP contribution is 2.33. The first-order valence-corrected chi connectivity index (χ1v) is 12.1. The van der Waals surface area contributed by atoms with Crippen molar-refractivity contribution in [2.45, 2.75) is 37.0 Å². The molecule has 172 valence electrons. The van der Waals surface area contributed by atoms with Gasteiger partial charge >= 0.3 is 0 Å². The van der Waals surface area contributed by atoms with Gasteiger partial charge in [-0.3, -0.25) is 9.78 Å². The fraction of sp³-hybridized carbons (Fsp3) is 0.320. The number of anilines is 2. The summed E-state index contributed by atoms with van der Waals surface area (Å²) >= 11 is 1.54. The van der Waals surface area contributed by atoms with Crippen LogP contribution in [0.15, 0.2) is 59.8 Å². The van der Waals surface area contributed by atoms with Crippen LogP contribution in [0.1, 0.15) is 35.2 Å². The average Bonchev–Trinajstić information content (AvgIpc) is 2.84. The van der Waals surface area contributed by atoms with Crippen molar-refractivity contribution in [2.75, 3.05) is 29.6 Å². The number of halogens is 2. The van der Waals surface area contributed by atoms with Crippen LogP contribution < -0.4 is 10.2 Å². The summed E-state index contributed by atoms with van der Waals surface area (Å²) in [5, 5.41) is 3.13. The normalized spacial score (nSPS) is 16.5. The molecule has 1 aliphatic rings. The van der Waals surface area contributed by atoms with Crippen LogP contribution in [0.5, 0.6) is 0 Å². The zero-order chi connectivity index (χ0) is 23.4. The Morgan fingerprint density at radius 2 is 1.97 bits per heavy atom. The molecule has 1 aliphatic heterocycles. The molecular weight excluding hydrogens is 442 g/mol. The number of amides is 1. The summed E-state index contributed by atoms with van der Waals surface area (Å²) < 4.78 is 29.1.